The summed E-state index contributed by atoms with van der Waals surface area (Å²) in [6, 6.07) is 0. The standard InChI is InChI=1S/C8H12O4S/c1-6(8(9)10)4-7-2-3-13(11,12)5-7/h7H,1-5H2,(H,9,10). The summed E-state index contributed by atoms with van der Waals surface area (Å²) in [5, 5.41) is 8.52. The third-order valence-electron chi connectivity index (χ3n) is 2.16. The van der Waals surface area contributed by atoms with Gasteiger partial charge in [0.1, 0.15) is 0 Å². The van der Waals surface area contributed by atoms with Crippen LogP contribution in [0.25, 0.3) is 0 Å². The maximum Gasteiger partial charge on any atom is 0.330 e. The molecule has 4 nitrogen and oxygen atoms in total. The van der Waals surface area contributed by atoms with E-state index in [0.717, 1.165) is 0 Å². The minimum absolute atomic E-state index is 0.0476. The minimum Gasteiger partial charge on any atom is -0.478 e. The Morgan fingerprint density at radius 1 is 1.54 bits per heavy atom. The molecule has 1 aliphatic heterocycles. The number of aliphatic carboxylic acids is 1. The number of carboxylic acid groups (broad SMARTS) is 1. The van der Waals surface area contributed by atoms with Crippen LogP contribution in [0, 0.1) is 5.92 Å². The Balaban J connectivity index is 2.50. The van der Waals surface area contributed by atoms with E-state index < -0.39 is 15.8 Å². The summed E-state index contributed by atoms with van der Waals surface area (Å²) in [5.74, 6) is -0.790. The summed E-state index contributed by atoms with van der Waals surface area (Å²) in [6.45, 7) is 3.37. The summed E-state index contributed by atoms with van der Waals surface area (Å²) in [6.07, 6.45) is 0.850. The van der Waals surface area contributed by atoms with E-state index in [4.69, 9.17) is 5.11 Å². The fourth-order valence-corrected chi connectivity index (χ4v) is 3.33. The first-order chi connectivity index (χ1) is 5.91. The molecule has 0 radical (unpaired) electrons. The monoisotopic (exact) mass is 204 g/mol. The van der Waals surface area contributed by atoms with Gasteiger partial charge in [-0.25, -0.2) is 13.2 Å². The van der Waals surface area contributed by atoms with E-state index >= 15 is 0 Å². The summed E-state index contributed by atoms with van der Waals surface area (Å²) >= 11 is 0. The van der Waals surface area contributed by atoms with Crippen LogP contribution in [0.5, 0.6) is 0 Å². The molecule has 1 N–H and O–H groups in total. The van der Waals surface area contributed by atoms with E-state index in [-0.39, 0.29) is 29.4 Å². The lowest BCUT2D eigenvalue weighted by atomic mass is 10.0. The van der Waals surface area contributed by atoms with E-state index in [1.54, 1.807) is 0 Å². The molecule has 0 spiro atoms. The molecule has 1 saturated heterocycles. The van der Waals surface area contributed by atoms with Crippen molar-refractivity contribution in [1.29, 1.82) is 0 Å². The third kappa shape index (κ3) is 2.84. The molecule has 0 aromatic carbocycles. The molecule has 1 aliphatic rings. The fraction of sp³-hybridized carbons (Fsp3) is 0.625. The molecule has 0 amide bonds. The topological polar surface area (TPSA) is 71.4 Å². The molecule has 1 fully saturated rings. The highest BCUT2D eigenvalue weighted by Gasteiger charge is 2.28. The maximum absolute atomic E-state index is 11.0. The van der Waals surface area contributed by atoms with Gasteiger partial charge in [0.15, 0.2) is 9.84 Å². The predicted octanol–water partition coefficient (Wildman–Crippen LogP) is 0.452. The molecule has 0 bridgehead atoms. The van der Waals surface area contributed by atoms with Crippen molar-refractivity contribution in [2.75, 3.05) is 11.5 Å². The Kier molecular flexibility index (Phi) is 2.75. The fourth-order valence-electron chi connectivity index (χ4n) is 1.47. The first-order valence-electron chi connectivity index (χ1n) is 4.02. The molecule has 1 atom stereocenters. The van der Waals surface area contributed by atoms with Crippen LogP contribution in [-0.2, 0) is 14.6 Å². The molecule has 5 heteroatoms. The minimum atomic E-state index is -2.90. The van der Waals surface area contributed by atoms with Gasteiger partial charge >= 0.3 is 5.97 Å². The molecule has 1 rings (SSSR count). The van der Waals surface area contributed by atoms with Crippen molar-refractivity contribution >= 4 is 15.8 Å². The Bertz CT molecular complexity index is 328. The molecule has 0 aromatic rings. The molecule has 1 unspecified atom stereocenters. The van der Waals surface area contributed by atoms with Crippen molar-refractivity contribution < 1.29 is 18.3 Å². The van der Waals surface area contributed by atoms with Gasteiger partial charge < -0.3 is 5.11 Å². The van der Waals surface area contributed by atoms with Gasteiger partial charge in [-0.1, -0.05) is 6.58 Å². The van der Waals surface area contributed by atoms with Crippen LogP contribution in [0.4, 0.5) is 0 Å². The van der Waals surface area contributed by atoms with E-state index in [2.05, 4.69) is 6.58 Å². The van der Waals surface area contributed by atoms with Gasteiger partial charge in [-0.3, -0.25) is 0 Å². The zero-order chi connectivity index (χ0) is 10.1. The molecule has 0 aromatic heterocycles. The van der Waals surface area contributed by atoms with Crippen molar-refractivity contribution in [2.45, 2.75) is 12.8 Å². The SMILES string of the molecule is C=C(CC1CCS(=O)(=O)C1)C(=O)O. The lowest BCUT2D eigenvalue weighted by Gasteiger charge is -2.05. The van der Waals surface area contributed by atoms with Crippen LogP contribution in [0.15, 0.2) is 12.2 Å². The van der Waals surface area contributed by atoms with E-state index in [1.165, 1.54) is 0 Å². The highest BCUT2D eigenvalue weighted by Crippen LogP contribution is 2.24. The van der Waals surface area contributed by atoms with Gasteiger partial charge in [0, 0.05) is 5.57 Å². The molecular formula is C8H12O4S. The quantitative estimate of drug-likeness (QED) is 0.677. The second-order valence-corrected chi connectivity index (χ2v) is 5.61. The predicted molar refractivity (Wildman–Crippen MR) is 48.2 cm³/mol. The lowest BCUT2D eigenvalue weighted by molar-refractivity contribution is -0.132. The van der Waals surface area contributed by atoms with Crippen LogP contribution in [-0.4, -0.2) is 31.0 Å². The van der Waals surface area contributed by atoms with Crippen molar-refractivity contribution in [2.24, 2.45) is 5.92 Å². The first kappa shape index (κ1) is 10.2. The van der Waals surface area contributed by atoms with E-state index in [9.17, 15) is 13.2 Å². The Hall–Kier alpha value is -0.840. The van der Waals surface area contributed by atoms with Crippen LogP contribution < -0.4 is 0 Å². The maximum atomic E-state index is 11.0. The molecule has 0 aliphatic carbocycles. The normalized spacial score (nSPS) is 25.7. The van der Waals surface area contributed by atoms with Crippen LogP contribution in [0.3, 0.4) is 0 Å². The highest BCUT2D eigenvalue weighted by molar-refractivity contribution is 7.91. The Morgan fingerprint density at radius 2 is 2.15 bits per heavy atom. The molecule has 13 heavy (non-hydrogen) atoms. The highest BCUT2D eigenvalue weighted by atomic mass is 32.2. The molecule has 0 saturated carbocycles. The molecular weight excluding hydrogens is 192 g/mol. The third-order valence-corrected chi connectivity index (χ3v) is 4.00. The Morgan fingerprint density at radius 3 is 2.54 bits per heavy atom. The second-order valence-electron chi connectivity index (χ2n) is 3.38. The van der Waals surface area contributed by atoms with Crippen molar-refractivity contribution in [3.63, 3.8) is 0 Å². The van der Waals surface area contributed by atoms with Crippen LogP contribution >= 0.6 is 0 Å². The zero-order valence-corrected chi connectivity index (χ0v) is 8.01. The van der Waals surface area contributed by atoms with E-state index in [1.807, 2.05) is 0 Å². The van der Waals surface area contributed by atoms with Crippen molar-refractivity contribution in [1.82, 2.24) is 0 Å². The Labute approximate surface area is 77.2 Å². The van der Waals surface area contributed by atoms with Crippen molar-refractivity contribution in [3.05, 3.63) is 12.2 Å². The van der Waals surface area contributed by atoms with Crippen LogP contribution in [0.2, 0.25) is 0 Å². The van der Waals surface area contributed by atoms with Gasteiger partial charge in [0.05, 0.1) is 11.5 Å². The smallest absolute Gasteiger partial charge is 0.330 e. The number of carbonyl (C=O) groups is 1. The summed E-state index contributed by atoms with van der Waals surface area (Å²) in [4.78, 5) is 10.4. The van der Waals surface area contributed by atoms with E-state index in [0.29, 0.717) is 6.42 Å². The number of carboxylic acids is 1. The van der Waals surface area contributed by atoms with Crippen molar-refractivity contribution in [3.8, 4) is 0 Å². The number of sulfone groups is 1. The zero-order valence-electron chi connectivity index (χ0n) is 7.19. The number of rotatable bonds is 3. The lowest BCUT2D eigenvalue weighted by Crippen LogP contribution is -2.09. The van der Waals surface area contributed by atoms with Gasteiger partial charge in [-0.05, 0) is 18.8 Å². The van der Waals surface area contributed by atoms with Crippen LogP contribution in [0.1, 0.15) is 12.8 Å². The first-order valence-corrected chi connectivity index (χ1v) is 5.84. The van der Waals surface area contributed by atoms with Gasteiger partial charge in [-0.2, -0.15) is 0 Å². The van der Waals surface area contributed by atoms with Gasteiger partial charge in [0.2, 0.25) is 0 Å². The second kappa shape index (κ2) is 3.49. The van der Waals surface area contributed by atoms with Gasteiger partial charge in [-0.15, -0.1) is 0 Å². The summed E-state index contributed by atoms with van der Waals surface area (Å²) < 4.78 is 22.0. The average molecular weight is 204 g/mol. The van der Waals surface area contributed by atoms with Gasteiger partial charge in [0.25, 0.3) is 0 Å². The molecule has 74 valence electrons. The largest absolute Gasteiger partial charge is 0.478 e. The summed E-state index contributed by atoms with van der Waals surface area (Å²) in [7, 11) is -2.90. The number of hydrogen-bond acceptors (Lipinski definition) is 3. The molecule has 1 heterocycles. The average Bonchev–Trinajstić information content (AvgIpc) is 2.30. The number of hydrogen-bond donors (Lipinski definition) is 1. The summed E-state index contributed by atoms with van der Waals surface area (Å²) in [5.41, 5.74) is 0.0992.